The SMILES string of the molecule is NC(=O)c1ccccc1NCC1CCCN1. The molecule has 1 aliphatic heterocycles. The Balaban J connectivity index is 2.00. The van der Waals surface area contributed by atoms with Gasteiger partial charge in [0.1, 0.15) is 0 Å². The van der Waals surface area contributed by atoms with Crippen LogP contribution in [0.15, 0.2) is 24.3 Å². The fourth-order valence-electron chi connectivity index (χ4n) is 2.02. The van der Waals surface area contributed by atoms with Crippen molar-refractivity contribution in [2.45, 2.75) is 18.9 Å². The van der Waals surface area contributed by atoms with Crippen molar-refractivity contribution < 1.29 is 4.79 Å². The number of nitrogens with one attached hydrogen (secondary N) is 2. The molecule has 2 rings (SSSR count). The molecule has 1 aliphatic rings. The zero-order valence-electron chi connectivity index (χ0n) is 9.20. The summed E-state index contributed by atoms with van der Waals surface area (Å²) >= 11 is 0. The molecule has 1 aromatic rings. The highest BCUT2D eigenvalue weighted by molar-refractivity contribution is 5.98. The Bertz CT molecular complexity index is 372. The van der Waals surface area contributed by atoms with Crippen molar-refractivity contribution in [1.29, 1.82) is 0 Å². The smallest absolute Gasteiger partial charge is 0.250 e. The zero-order valence-corrected chi connectivity index (χ0v) is 9.20. The number of benzene rings is 1. The molecule has 0 aliphatic carbocycles. The lowest BCUT2D eigenvalue weighted by molar-refractivity contribution is 0.100. The van der Waals surface area contributed by atoms with Crippen molar-refractivity contribution >= 4 is 11.6 Å². The van der Waals surface area contributed by atoms with Gasteiger partial charge in [0, 0.05) is 18.3 Å². The molecule has 1 saturated heterocycles. The van der Waals surface area contributed by atoms with Crippen LogP contribution in [0.4, 0.5) is 5.69 Å². The molecule has 0 aromatic heterocycles. The van der Waals surface area contributed by atoms with Crippen LogP contribution in [0.2, 0.25) is 0 Å². The molecule has 1 amide bonds. The molecule has 1 unspecified atom stereocenters. The van der Waals surface area contributed by atoms with Crippen LogP contribution in [-0.2, 0) is 0 Å². The Kier molecular flexibility index (Phi) is 3.41. The van der Waals surface area contributed by atoms with Crippen molar-refractivity contribution in [2.75, 3.05) is 18.4 Å². The van der Waals surface area contributed by atoms with E-state index in [1.54, 1.807) is 6.07 Å². The summed E-state index contributed by atoms with van der Waals surface area (Å²) in [4.78, 5) is 11.2. The fourth-order valence-corrected chi connectivity index (χ4v) is 2.02. The summed E-state index contributed by atoms with van der Waals surface area (Å²) < 4.78 is 0. The van der Waals surface area contributed by atoms with Gasteiger partial charge < -0.3 is 16.4 Å². The van der Waals surface area contributed by atoms with Crippen LogP contribution < -0.4 is 16.4 Å². The van der Waals surface area contributed by atoms with Crippen LogP contribution in [0.25, 0.3) is 0 Å². The maximum absolute atomic E-state index is 11.2. The van der Waals surface area contributed by atoms with E-state index < -0.39 is 0 Å². The maximum Gasteiger partial charge on any atom is 0.250 e. The molecule has 1 atom stereocenters. The lowest BCUT2D eigenvalue weighted by Gasteiger charge is -2.14. The third-order valence-corrected chi connectivity index (χ3v) is 2.89. The van der Waals surface area contributed by atoms with E-state index in [0.717, 1.165) is 18.8 Å². The zero-order chi connectivity index (χ0) is 11.4. The van der Waals surface area contributed by atoms with Gasteiger partial charge in [0.15, 0.2) is 0 Å². The molecule has 0 bridgehead atoms. The van der Waals surface area contributed by atoms with Crippen LogP contribution in [-0.4, -0.2) is 25.0 Å². The molecule has 0 saturated carbocycles. The summed E-state index contributed by atoms with van der Waals surface area (Å²) in [6, 6.07) is 7.85. The first kappa shape index (κ1) is 11.0. The van der Waals surface area contributed by atoms with Crippen LogP contribution in [0, 0.1) is 0 Å². The van der Waals surface area contributed by atoms with Crippen LogP contribution >= 0.6 is 0 Å². The minimum Gasteiger partial charge on any atom is -0.383 e. The lowest BCUT2D eigenvalue weighted by Crippen LogP contribution is -2.30. The van der Waals surface area contributed by atoms with Gasteiger partial charge in [0.25, 0.3) is 5.91 Å². The number of rotatable bonds is 4. The third-order valence-electron chi connectivity index (χ3n) is 2.89. The standard InChI is InChI=1S/C12H17N3O/c13-12(16)10-5-1-2-6-11(10)15-8-9-4-3-7-14-9/h1-2,5-6,9,14-15H,3-4,7-8H2,(H2,13,16). The third kappa shape index (κ3) is 2.52. The molecule has 1 fully saturated rings. The minimum atomic E-state index is -0.387. The van der Waals surface area contributed by atoms with Gasteiger partial charge in [-0.3, -0.25) is 4.79 Å². The van der Waals surface area contributed by atoms with E-state index in [0.29, 0.717) is 11.6 Å². The van der Waals surface area contributed by atoms with Crippen LogP contribution in [0.1, 0.15) is 23.2 Å². The lowest BCUT2D eigenvalue weighted by atomic mass is 10.1. The summed E-state index contributed by atoms with van der Waals surface area (Å²) in [6.07, 6.45) is 2.41. The summed E-state index contributed by atoms with van der Waals surface area (Å²) in [5.74, 6) is -0.387. The molecule has 1 aromatic carbocycles. The van der Waals surface area contributed by atoms with Gasteiger partial charge in [-0.2, -0.15) is 0 Å². The first-order chi connectivity index (χ1) is 7.77. The van der Waals surface area contributed by atoms with Crippen LogP contribution in [0.5, 0.6) is 0 Å². The fraction of sp³-hybridized carbons (Fsp3) is 0.417. The first-order valence-corrected chi connectivity index (χ1v) is 5.63. The predicted molar refractivity (Wildman–Crippen MR) is 64.5 cm³/mol. The van der Waals surface area contributed by atoms with E-state index in [1.165, 1.54) is 12.8 Å². The second-order valence-corrected chi connectivity index (χ2v) is 4.08. The number of carbonyl (C=O) groups excluding carboxylic acids is 1. The van der Waals surface area contributed by atoms with E-state index in [1.807, 2.05) is 18.2 Å². The number of nitrogens with two attached hydrogens (primary N) is 1. The number of anilines is 1. The molecule has 1 heterocycles. The molecule has 4 N–H and O–H groups in total. The Labute approximate surface area is 95.2 Å². The number of carbonyl (C=O) groups is 1. The van der Waals surface area contributed by atoms with E-state index >= 15 is 0 Å². The van der Waals surface area contributed by atoms with Gasteiger partial charge in [-0.15, -0.1) is 0 Å². The molecule has 0 radical (unpaired) electrons. The van der Waals surface area contributed by atoms with Crippen molar-refractivity contribution in [3.8, 4) is 0 Å². The molecule has 0 spiro atoms. The number of para-hydroxylation sites is 1. The summed E-state index contributed by atoms with van der Waals surface area (Å²) in [5, 5.41) is 6.67. The molecule has 16 heavy (non-hydrogen) atoms. The number of amides is 1. The summed E-state index contributed by atoms with van der Waals surface area (Å²) in [7, 11) is 0. The molecule has 4 nitrogen and oxygen atoms in total. The average Bonchev–Trinajstić information content (AvgIpc) is 2.79. The molecular weight excluding hydrogens is 202 g/mol. The van der Waals surface area contributed by atoms with E-state index in [4.69, 9.17) is 5.73 Å². The Morgan fingerprint density at radius 1 is 1.50 bits per heavy atom. The van der Waals surface area contributed by atoms with E-state index in [9.17, 15) is 4.79 Å². The number of primary amides is 1. The highest BCUT2D eigenvalue weighted by atomic mass is 16.1. The van der Waals surface area contributed by atoms with Gasteiger partial charge in [0.05, 0.1) is 5.56 Å². The van der Waals surface area contributed by atoms with Gasteiger partial charge in [-0.1, -0.05) is 12.1 Å². The van der Waals surface area contributed by atoms with Crippen LogP contribution in [0.3, 0.4) is 0 Å². The molecule has 4 heteroatoms. The van der Waals surface area contributed by atoms with Crippen molar-refractivity contribution in [3.63, 3.8) is 0 Å². The van der Waals surface area contributed by atoms with Crippen molar-refractivity contribution in [1.82, 2.24) is 5.32 Å². The Hall–Kier alpha value is -1.55. The Morgan fingerprint density at radius 2 is 2.31 bits per heavy atom. The minimum absolute atomic E-state index is 0.387. The highest BCUT2D eigenvalue weighted by Gasteiger charge is 2.14. The van der Waals surface area contributed by atoms with E-state index in [-0.39, 0.29) is 5.91 Å². The monoisotopic (exact) mass is 219 g/mol. The van der Waals surface area contributed by atoms with Gasteiger partial charge in [-0.05, 0) is 31.5 Å². The number of hydrogen-bond acceptors (Lipinski definition) is 3. The second-order valence-electron chi connectivity index (χ2n) is 4.08. The molecule has 86 valence electrons. The summed E-state index contributed by atoms with van der Waals surface area (Å²) in [5.41, 5.74) is 6.68. The van der Waals surface area contributed by atoms with Gasteiger partial charge >= 0.3 is 0 Å². The molecular formula is C12H17N3O. The van der Waals surface area contributed by atoms with Gasteiger partial charge in [0.2, 0.25) is 0 Å². The quantitative estimate of drug-likeness (QED) is 0.706. The van der Waals surface area contributed by atoms with Crippen molar-refractivity contribution in [2.24, 2.45) is 5.73 Å². The predicted octanol–water partition coefficient (Wildman–Crippen LogP) is 0.949. The van der Waals surface area contributed by atoms with Crippen molar-refractivity contribution in [3.05, 3.63) is 29.8 Å². The Morgan fingerprint density at radius 3 is 3.00 bits per heavy atom. The van der Waals surface area contributed by atoms with E-state index in [2.05, 4.69) is 10.6 Å². The first-order valence-electron chi connectivity index (χ1n) is 5.63. The van der Waals surface area contributed by atoms with Gasteiger partial charge in [-0.25, -0.2) is 0 Å². The second kappa shape index (κ2) is 4.99. The normalized spacial score (nSPS) is 19.6. The average molecular weight is 219 g/mol. The maximum atomic E-state index is 11.2. The topological polar surface area (TPSA) is 67.2 Å². The number of hydrogen-bond donors (Lipinski definition) is 3. The summed E-state index contributed by atoms with van der Waals surface area (Å²) in [6.45, 7) is 1.92. The highest BCUT2D eigenvalue weighted by Crippen LogP contribution is 2.15. The largest absolute Gasteiger partial charge is 0.383 e.